The van der Waals surface area contributed by atoms with Gasteiger partial charge in [-0.25, -0.2) is 0 Å². The first-order valence-corrected chi connectivity index (χ1v) is 9.19. The Morgan fingerprint density at radius 2 is 2.00 bits per heavy atom. The Morgan fingerprint density at radius 3 is 2.57 bits per heavy atom. The predicted molar refractivity (Wildman–Crippen MR) is 91.7 cm³/mol. The standard InChI is InChI=1S/C18H38N2O/c1-5-17-11-8-7-9-13-20(17)14-10-12-18(6-2,15-21)19-16(3)4/h16-17,19,21H,5-15H2,1-4H3. The molecule has 2 N–H and O–H groups in total. The van der Waals surface area contributed by atoms with E-state index in [1.807, 2.05) is 0 Å². The SMILES string of the molecule is CCC1CCCCCN1CCCC(CC)(CO)NC(C)C. The Balaban J connectivity index is 2.47. The Kier molecular flexibility index (Phi) is 8.84. The largest absolute Gasteiger partial charge is 0.394 e. The summed E-state index contributed by atoms with van der Waals surface area (Å²) in [4.78, 5) is 2.71. The topological polar surface area (TPSA) is 35.5 Å². The highest BCUT2D eigenvalue weighted by atomic mass is 16.3. The number of likely N-dealkylation sites (tertiary alicyclic amines) is 1. The minimum absolute atomic E-state index is 0.0816. The fourth-order valence-electron chi connectivity index (χ4n) is 3.81. The maximum absolute atomic E-state index is 9.83. The minimum Gasteiger partial charge on any atom is -0.394 e. The zero-order valence-electron chi connectivity index (χ0n) is 14.8. The van der Waals surface area contributed by atoms with Crippen LogP contribution in [0.15, 0.2) is 0 Å². The molecule has 0 aliphatic carbocycles. The van der Waals surface area contributed by atoms with Gasteiger partial charge in [0.25, 0.3) is 0 Å². The van der Waals surface area contributed by atoms with Crippen molar-refractivity contribution in [2.45, 2.75) is 96.7 Å². The van der Waals surface area contributed by atoms with Crippen LogP contribution in [0.4, 0.5) is 0 Å². The van der Waals surface area contributed by atoms with Crippen molar-refractivity contribution in [2.75, 3.05) is 19.7 Å². The molecule has 1 aliphatic rings. The highest BCUT2D eigenvalue weighted by Crippen LogP contribution is 2.22. The highest BCUT2D eigenvalue weighted by molar-refractivity contribution is 4.88. The molecule has 1 aliphatic heterocycles. The lowest BCUT2D eigenvalue weighted by Gasteiger charge is -2.36. The first-order valence-electron chi connectivity index (χ1n) is 9.19. The van der Waals surface area contributed by atoms with Crippen LogP contribution in [-0.2, 0) is 0 Å². The highest BCUT2D eigenvalue weighted by Gasteiger charge is 2.28. The number of nitrogens with one attached hydrogen (secondary N) is 1. The van der Waals surface area contributed by atoms with E-state index in [4.69, 9.17) is 0 Å². The van der Waals surface area contributed by atoms with Gasteiger partial charge in [-0.2, -0.15) is 0 Å². The maximum Gasteiger partial charge on any atom is 0.0613 e. The summed E-state index contributed by atoms with van der Waals surface area (Å²) < 4.78 is 0. The summed E-state index contributed by atoms with van der Waals surface area (Å²) in [6, 6.07) is 1.22. The van der Waals surface area contributed by atoms with Crippen LogP contribution < -0.4 is 5.32 Å². The lowest BCUT2D eigenvalue weighted by Crippen LogP contribution is -2.51. The van der Waals surface area contributed by atoms with Gasteiger partial charge in [-0.15, -0.1) is 0 Å². The lowest BCUT2D eigenvalue weighted by atomic mass is 9.90. The van der Waals surface area contributed by atoms with Crippen LogP contribution in [-0.4, -0.2) is 47.3 Å². The number of aliphatic hydroxyl groups is 1. The second kappa shape index (κ2) is 9.81. The second-order valence-corrected chi connectivity index (χ2v) is 7.14. The smallest absolute Gasteiger partial charge is 0.0613 e. The van der Waals surface area contributed by atoms with E-state index in [0.717, 1.165) is 18.9 Å². The first kappa shape index (κ1) is 18.9. The fraction of sp³-hybridized carbons (Fsp3) is 1.00. The Bertz CT molecular complexity index is 264. The van der Waals surface area contributed by atoms with Gasteiger partial charge in [-0.1, -0.05) is 40.5 Å². The van der Waals surface area contributed by atoms with Gasteiger partial charge >= 0.3 is 0 Å². The average molecular weight is 299 g/mol. The van der Waals surface area contributed by atoms with E-state index < -0.39 is 0 Å². The molecule has 126 valence electrons. The van der Waals surface area contributed by atoms with Gasteiger partial charge in [0.15, 0.2) is 0 Å². The van der Waals surface area contributed by atoms with Crippen molar-refractivity contribution >= 4 is 0 Å². The van der Waals surface area contributed by atoms with E-state index in [1.165, 1.54) is 51.6 Å². The fourth-order valence-corrected chi connectivity index (χ4v) is 3.81. The van der Waals surface area contributed by atoms with Crippen molar-refractivity contribution in [3.05, 3.63) is 0 Å². The van der Waals surface area contributed by atoms with Gasteiger partial charge in [0.2, 0.25) is 0 Å². The van der Waals surface area contributed by atoms with Crippen LogP contribution in [0.25, 0.3) is 0 Å². The van der Waals surface area contributed by atoms with Crippen molar-refractivity contribution < 1.29 is 5.11 Å². The molecule has 3 heteroatoms. The van der Waals surface area contributed by atoms with Gasteiger partial charge in [0.05, 0.1) is 6.61 Å². The molecule has 1 fully saturated rings. The van der Waals surface area contributed by atoms with E-state index >= 15 is 0 Å². The second-order valence-electron chi connectivity index (χ2n) is 7.14. The van der Waals surface area contributed by atoms with Crippen LogP contribution in [0.1, 0.15) is 79.1 Å². The zero-order chi connectivity index (χ0) is 15.7. The molecule has 0 aromatic rings. The maximum atomic E-state index is 9.83. The van der Waals surface area contributed by atoms with E-state index in [2.05, 4.69) is 37.9 Å². The van der Waals surface area contributed by atoms with Gasteiger partial charge < -0.3 is 15.3 Å². The normalized spacial score (nSPS) is 24.0. The van der Waals surface area contributed by atoms with Crippen LogP contribution >= 0.6 is 0 Å². The van der Waals surface area contributed by atoms with E-state index in [0.29, 0.717) is 6.04 Å². The van der Waals surface area contributed by atoms with Gasteiger partial charge in [0, 0.05) is 17.6 Å². The molecule has 0 aromatic heterocycles. The number of hydrogen-bond donors (Lipinski definition) is 2. The molecule has 1 saturated heterocycles. The van der Waals surface area contributed by atoms with Crippen LogP contribution in [0, 0.1) is 0 Å². The zero-order valence-corrected chi connectivity index (χ0v) is 14.8. The Hall–Kier alpha value is -0.120. The van der Waals surface area contributed by atoms with Gasteiger partial charge in [-0.3, -0.25) is 0 Å². The Labute approximate surface area is 132 Å². The third-order valence-electron chi connectivity index (χ3n) is 5.15. The summed E-state index contributed by atoms with van der Waals surface area (Å²) in [7, 11) is 0. The molecule has 0 aromatic carbocycles. The average Bonchev–Trinajstić information content (AvgIpc) is 2.70. The molecule has 0 amide bonds. The van der Waals surface area contributed by atoms with Gasteiger partial charge in [0.1, 0.15) is 0 Å². The molecular formula is C18H38N2O. The third-order valence-corrected chi connectivity index (χ3v) is 5.15. The summed E-state index contributed by atoms with van der Waals surface area (Å²) in [5.74, 6) is 0. The summed E-state index contributed by atoms with van der Waals surface area (Å²) >= 11 is 0. The molecule has 1 rings (SSSR count). The van der Waals surface area contributed by atoms with Crippen molar-refractivity contribution in [2.24, 2.45) is 0 Å². The van der Waals surface area contributed by atoms with Crippen molar-refractivity contribution in [3.63, 3.8) is 0 Å². The number of aliphatic hydroxyl groups excluding tert-OH is 1. The number of hydrogen-bond acceptors (Lipinski definition) is 3. The molecule has 0 bridgehead atoms. The van der Waals surface area contributed by atoms with Crippen molar-refractivity contribution in [3.8, 4) is 0 Å². The number of nitrogens with zero attached hydrogens (tertiary/aromatic N) is 1. The minimum atomic E-state index is -0.0816. The quantitative estimate of drug-likeness (QED) is 0.683. The van der Waals surface area contributed by atoms with Crippen molar-refractivity contribution in [1.82, 2.24) is 10.2 Å². The lowest BCUT2D eigenvalue weighted by molar-refractivity contribution is 0.123. The monoisotopic (exact) mass is 298 g/mol. The molecular weight excluding hydrogens is 260 g/mol. The molecule has 2 unspecified atom stereocenters. The van der Waals surface area contributed by atoms with E-state index in [-0.39, 0.29) is 12.1 Å². The third kappa shape index (κ3) is 6.25. The summed E-state index contributed by atoms with van der Waals surface area (Å²) in [5.41, 5.74) is -0.0816. The van der Waals surface area contributed by atoms with Crippen LogP contribution in [0.3, 0.4) is 0 Å². The summed E-state index contributed by atoms with van der Waals surface area (Å²) in [6.45, 7) is 11.6. The molecule has 1 heterocycles. The number of rotatable bonds is 9. The van der Waals surface area contributed by atoms with Crippen LogP contribution in [0.2, 0.25) is 0 Å². The molecule has 0 radical (unpaired) electrons. The molecule has 3 nitrogen and oxygen atoms in total. The van der Waals surface area contributed by atoms with Crippen molar-refractivity contribution in [1.29, 1.82) is 0 Å². The van der Waals surface area contributed by atoms with Gasteiger partial charge in [-0.05, 0) is 51.6 Å². The molecule has 0 saturated carbocycles. The first-order chi connectivity index (χ1) is 10.1. The molecule has 2 atom stereocenters. The summed E-state index contributed by atoms with van der Waals surface area (Å²) in [6.07, 6.45) is 10.1. The van der Waals surface area contributed by atoms with Crippen LogP contribution in [0.5, 0.6) is 0 Å². The Morgan fingerprint density at radius 1 is 1.24 bits per heavy atom. The van der Waals surface area contributed by atoms with E-state index in [9.17, 15) is 5.11 Å². The predicted octanol–water partition coefficient (Wildman–Crippen LogP) is 3.56. The molecule has 21 heavy (non-hydrogen) atoms. The molecule has 0 spiro atoms. The van der Waals surface area contributed by atoms with E-state index in [1.54, 1.807) is 0 Å². The summed E-state index contributed by atoms with van der Waals surface area (Å²) in [5, 5.41) is 13.4.